The number of ether oxygens (including phenoxy) is 1. The van der Waals surface area contributed by atoms with E-state index in [1.54, 1.807) is 30.3 Å². The summed E-state index contributed by atoms with van der Waals surface area (Å²) >= 11 is 0. The first kappa shape index (κ1) is 18.3. The molecule has 2 aromatic rings. The number of phenols is 2. The monoisotopic (exact) mass is 355 g/mol. The highest BCUT2D eigenvalue weighted by Crippen LogP contribution is 2.36. The van der Waals surface area contributed by atoms with Gasteiger partial charge in [0.15, 0.2) is 5.75 Å². The van der Waals surface area contributed by atoms with E-state index in [-0.39, 0.29) is 11.1 Å². The van der Waals surface area contributed by atoms with E-state index in [4.69, 9.17) is 4.74 Å². The number of carbonyl (C=O) groups is 1. The number of nitrogens with zero attached hydrogens (tertiary/aromatic N) is 2. The molecule has 0 bridgehead atoms. The van der Waals surface area contributed by atoms with Crippen molar-refractivity contribution in [1.29, 1.82) is 5.26 Å². The summed E-state index contributed by atoms with van der Waals surface area (Å²) in [5.74, 6) is -1.79. The van der Waals surface area contributed by atoms with Crippen LogP contribution >= 0.6 is 0 Å². The van der Waals surface area contributed by atoms with Gasteiger partial charge in [0, 0.05) is 11.8 Å². The number of carbonyl (C=O) groups excluding carboxylic acids is 1. The van der Waals surface area contributed by atoms with Crippen LogP contribution in [0.5, 0.6) is 17.2 Å². The summed E-state index contributed by atoms with van der Waals surface area (Å²) in [5, 5.41) is 41.6. The van der Waals surface area contributed by atoms with E-state index in [1.165, 1.54) is 7.11 Å². The fourth-order valence-electron chi connectivity index (χ4n) is 2.04. The number of aromatic hydroxyl groups is 2. The molecule has 0 saturated heterocycles. The number of phenolic OH excluding ortho intramolecular Hbond substituents is 2. The molecule has 0 aliphatic heterocycles. The zero-order chi connectivity index (χ0) is 19.3. The maximum absolute atomic E-state index is 12.2. The minimum absolute atomic E-state index is 0.00781. The largest absolute Gasteiger partial charge is 0.504 e. The number of hydrogen-bond acceptors (Lipinski definition) is 7. The number of methoxy groups -OCH3 is 1. The van der Waals surface area contributed by atoms with Gasteiger partial charge in [-0.15, -0.1) is 0 Å². The molecule has 0 unspecified atom stereocenters. The number of nitro benzene ring substituents is 1. The van der Waals surface area contributed by atoms with Gasteiger partial charge < -0.3 is 20.3 Å². The Kier molecular flexibility index (Phi) is 5.40. The molecule has 0 saturated carbocycles. The van der Waals surface area contributed by atoms with Crippen molar-refractivity contribution < 1.29 is 24.7 Å². The molecule has 0 fully saturated rings. The van der Waals surface area contributed by atoms with E-state index in [2.05, 4.69) is 5.32 Å². The lowest BCUT2D eigenvalue weighted by molar-refractivity contribution is -0.386. The molecule has 132 valence electrons. The van der Waals surface area contributed by atoms with E-state index in [0.717, 1.165) is 18.2 Å². The number of amides is 1. The molecule has 0 aliphatic carbocycles. The fourth-order valence-corrected chi connectivity index (χ4v) is 2.04. The maximum Gasteiger partial charge on any atom is 0.315 e. The Morgan fingerprint density at radius 3 is 2.50 bits per heavy atom. The molecule has 1 amide bonds. The van der Waals surface area contributed by atoms with Crippen molar-refractivity contribution >= 4 is 23.4 Å². The van der Waals surface area contributed by atoms with Crippen LogP contribution in [0.1, 0.15) is 5.56 Å². The fraction of sp³-hybridized carbons (Fsp3) is 0.0588. The Labute approximate surface area is 147 Å². The van der Waals surface area contributed by atoms with E-state index >= 15 is 0 Å². The second-order valence-electron chi connectivity index (χ2n) is 5.02. The second-order valence-corrected chi connectivity index (χ2v) is 5.02. The molecular weight excluding hydrogens is 342 g/mol. The highest BCUT2D eigenvalue weighted by molar-refractivity contribution is 6.09. The molecule has 0 aliphatic rings. The minimum Gasteiger partial charge on any atom is -0.504 e. The Morgan fingerprint density at radius 1 is 1.31 bits per heavy atom. The molecule has 0 spiro atoms. The average Bonchev–Trinajstić information content (AvgIpc) is 2.62. The van der Waals surface area contributed by atoms with Gasteiger partial charge in [0.2, 0.25) is 5.75 Å². The first-order chi connectivity index (χ1) is 12.3. The van der Waals surface area contributed by atoms with Crippen LogP contribution in [-0.4, -0.2) is 28.2 Å². The third kappa shape index (κ3) is 4.07. The molecule has 2 rings (SSSR count). The van der Waals surface area contributed by atoms with Gasteiger partial charge in [0.05, 0.1) is 12.0 Å². The molecule has 9 heteroatoms. The SMILES string of the molecule is COc1ccc(NC(=O)/C(C#N)=C/c2cc(O)c(O)c([N+](=O)[O-])c2)cc1. The standard InChI is InChI=1S/C17H13N3O6/c1-26-13-4-2-12(3-5-13)19-17(23)11(9-18)6-10-7-14(20(24)25)16(22)15(21)8-10/h2-8,21-22H,1H3,(H,19,23)/b11-6+. The molecular formula is C17H13N3O6. The number of hydrogen-bond donors (Lipinski definition) is 3. The number of benzene rings is 2. The summed E-state index contributed by atoms with van der Waals surface area (Å²) in [7, 11) is 1.50. The van der Waals surface area contributed by atoms with Gasteiger partial charge in [-0.3, -0.25) is 14.9 Å². The number of nitriles is 1. The zero-order valence-electron chi connectivity index (χ0n) is 13.5. The average molecular weight is 355 g/mol. The third-order valence-electron chi connectivity index (χ3n) is 3.31. The summed E-state index contributed by atoms with van der Waals surface area (Å²) in [6.07, 6.45) is 1.06. The lowest BCUT2D eigenvalue weighted by atomic mass is 10.1. The molecule has 2 aromatic carbocycles. The lowest BCUT2D eigenvalue weighted by Crippen LogP contribution is -2.13. The molecule has 0 atom stereocenters. The Morgan fingerprint density at radius 2 is 1.96 bits per heavy atom. The Balaban J connectivity index is 2.30. The molecule has 0 heterocycles. The predicted octanol–water partition coefficient (Wildman–Crippen LogP) is 2.56. The van der Waals surface area contributed by atoms with Crippen molar-refractivity contribution in [3.63, 3.8) is 0 Å². The van der Waals surface area contributed by atoms with Crippen molar-refractivity contribution in [3.8, 4) is 23.3 Å². The third-order valence-corrected chi connectivity index (χ3v) is 3.31. The smallest absolute Gasteiger partial charge is 0.315 e. The van der Waals surface area contributed by atoms with Crippen LogP contribution in [0.4, 0.5) is 11.4 Å². The normalized spacial score (nSPS) is 10.7. The van der Waals surface area contributed by atoms with E-state index in [9.17, 15) is 30.4 Å². The molecule has 9 nitrogen and oxygen atoms in total. The number of rotatable bonds is 5. The maximum atomic E-state index is 12.2. The van der Waals surface area contributed by atoms with Crippen molar-refractivity contribution in [3.05, 3.63) is 57.6 Å². The van der Waals surface area contributed by atoms with Crippen LogP contribution in [0.15, 0.2) is 42.0 Å². The summed E-state index contributed by atoms with van der Waals surface area (Å²) in [6.45, 7) is 0. The molecule has 0 radical (unpaired) electrons. The van der Waals surface area contributed by atoms with Gasteiger partial charge >= 0.3 is 5.69 Å². The first-order valence-corrected chi connectivity index (χ1v) is 7.13. The van der Waals surface area contributed by atoms with Crippen molar-refractivity contribution in [2.75, 3.05) is 12.4 Å². The minimum atomic E-state index is -0.895. The van der Waals surface area contributed by atoms with Crippen molar-refractivity contribution in [2.24, 2.45) is 0 Å². The van der Waals surface area contributed by atoms with Gasteiger partial charge in [0.1, 0.15) is 17.4 Å². The highest BCUT2D eigenvalue weighted by atomic mass is 16.6. The number of nitrogens with one attached hydrogen (secondary N) is 1. The van der Waals surface area contributed by atoms with Gasteiger partial charge in [-0.25, -0.2) is 0 Å². The van der Waals surface area contributed by atoms with Gasteiger partial charge in [-0.05, 0) is 42.0 Å². The second kappa shape index (κ2) is 7.67. The van der Waals surface area contributed by atoms with Crippen LogP contribution in [-0.2, 0) is 4.79 Å². The predicted molar refractivity (Wildman–Crippen MR) is 91.6 cm³/mol. The zero-order valence-corrected chi connectivity index (χ0v) is 13.5. The molecule has 3 N–H and O–H groups in total. The lowest BCUT2D eigenvalue weighted by Gasteiger charge is -2.06. The summed E-state index contributed by atoms with van der Waals surface area (Å²) in [4.78, 5) is 22.2. The van der Waals surface area contributed by atoms with Crippen LogP contribution in [0.2, 0.25) is 0 Å². The summed E-state index contributed by atoms with van der Waals surface area (Å²) in [5.41, 5.74) is -0.672. The number of nitro groups is 1. The highest BCUT2D eigenvalue weighted by Gasteiger charge is 2.19. The van der Waals surface area contributed by atoms with E-state index < -0.39 is 28.0 Å². The summed E-state index contributed by atoms with van der Waals surface area (Å²) in [6, 6.07) is 10.0. The summed E-state index contributed by atoms with van der Waals surface area (Å²) < 4.78 is 5.00. The molecule has 26 heavy (non-hydrogen) atoms. The van der Waals surface area contributed by atoms with Gasteiger partial charge in [-0.2, -0.15) is 5.26 Å². The topological polar surface area (TPSA) is 146 Å². The van der Waals surface area contributed by atoms with Crippen LogP contribution in [0.3, 0.4) is 0 Å². The first-order valence-electron chi connectivity index (χ1n) is 7.13. The van der Waals surface area contributed by atoms with Gasteiger partial charge in [0.25, 0.3) is 5.91 Å². The van der Waals surface area contributed by atoms with Crippen molar-refractivity contribution in [2.45, 2.75) is 0 Å². The van der Waals surface area contributed by atoms with Crippen LogP contribution in [0.25, 0.3) is 6.08 Å². The quantitative estimate of drug-likeness (QED) is 0.245. The number of anilines is 1. The Bertz CT molecular complexity index is 929. The van der Waals surface area contributed by atoms with Crippen LogP contribution in [0, 0.1) is 21.4 Å². The Hall–Kier alpha value is -4.06. The van der Waals surface area contributed by atoms with E-state index in [0.29, 0.717) is 11.4 Å². The van der Waals surface area contributed by atoms with E-state index in [1.807, 2.05) is 0 Å². The van der Waals surface area contributed by atoms with Crippen molar-refractivity contribution in [1.82, 2.24) is 0 Å². The molecule has 0 aromatic heterocycles. The van der Waals surface area contributed by atoms with Gasteiger partial charge in [-0.1, -0.05) is 0 Å². The van der Waals surface area contributed by atoms with Crippen LogP contribution < -0.4 is 10.1 Å².